The highest BCUT2D eigenvalue weighted by molar-refractivity contribution is 5.99. The highest BCUT2D eigenvalue weighted by Gasteiger charge is 2.52. The van der Waals surface area contributed by atoms with E-state index >= 15 is 0 Å². The zero-order chi connectivity index (χ0) is 24.9. The van der Waals surface area contributed by atoms with E-state index in [1.54, 1.807) is 18.2 Å². The van der Waals surface area contributed by atoms with Crippen LogP contribution in [-0.4, -0.2) is 39.0 Å². The first kappa shape index (κ1) is 22.8. The van der Waals surface area contributed by atoms with E-state index in [0.29, 0.717) is 17.7 Å². The molecule has 0 saturated heterocycles. The number of alkyl halides is 2. The van der Waals surface area contributed by atoms with Crippen molar-refractivity contribution in [2.75, 3.05) is 0 Å². The number of benzene rings is 2. The molecule has 1 aliphatic heterocycles. The predicted octanol–water partition coefficient (Wildman–Crippen LogP) is 4.79. The fraction of sp³-hybridized carbons (Fsp3) is 0.407. The van der Waals surface area contributed by atoms with Crippen LogP contribution in [0.2, 0.25) is 0 Å². The maximum atomic E-state index is 13.5. The van der Waals surface area contributed by atoms with Crippen LogP contribution in [0, 0.1) is 0 Å². The van der Waals surface area contributed by atoms with Crippen LogP contribution in [0.25, 0.3) is 11.5 Å². The van der Waals surface area contributed by atoms with E-state index in [0.717, 1.165) is 49.7 Å². The Kier molecular flexibility index (Phi) is 5.58. The number of carbonyl (C=O) groups excluding carboxylic acids is 2. The second-order valence-electron chi connectivity index (χ2n) is 9.93. The van der Waals surface area contributed by atoms with Gasteiger partial charge in [-0.3, -0.25) is 9.59 Å². The Labute approximate surface area is 206 Å². The number of fused-ring (bicyclic) bond motifs is 1. The van der Waals surface area contributed by atoms with Crippen molar-refractivity contribution in [3.63, 3.8) is 0 Å². The third kappa shape index (κ3) is 3.86. The van der Waals surface area contributed by atoms with E-state index in [4.69, 9.17) is 4.42 Å². The summed E-state index contributed by atoms with van der Waals surface area (Å²) in [5, 5.41) is 10.4. The molecular formula is C27H26F2N4O3. The van der Waals surface area contributed by atoms with E-state index in [1.165, 1.54) is 0 Å². The van der Waals surface area contributed by atoms with Crippen molar-refractivity contribution in [2.45, 2.75) is 69.0 Å². The number of nitrogens with one attached hydrogen (secondary N) is 1. The van der Waals surface area contributed by atoms with Gasteiger partial charge in [0.15, 0.2) is 0 Å². The molecular weight excluding hydrogens is 466 g/mol. The molecule has 186 valence electrons. The molecule has 2 aromatic carbocycles. The number of hydrogen-bond donors (Lipinski definition) is 1. The summed E-state index contributed by atoms with van der Waals surface area (Å²) in [6, 6.07) is 14.8. The maximum Gasteiger partial charge on any atom is 0.314 e. The third-order valence-corrected chi connectivity index (χ3v) is 7.77. The van der Waals surface area contributed by atoms with Crippen molar-refractivity contribution in [3.05, 3.63) is 71.1 Å². The van der Waals surface area contributed by atoms with Gasteiger partial charge in [0.2, 0.25) is 11.8 Å². The van der Waals surface area contributed by atoms with Gasteiger partial charge in [-0.2, -0.15) is 8.78 Å². The lowest BCUT2D eigenvalue weighted by Gasteiger charge is -2.39. The Morgan fingerprint density at radius 1 is 1.08 bits per heavy atom. The first-order chi connectivity index (χ1) is 17.5. The summed E-state index contributed by atoms with van der Waals surface area (Å²) in [5.74, 6) is -0.875. The monoisotopic (exact) mass is 492 g/mol. The van der Waals surface area contributed by atoms with Gasteiger partial charge in [0.05, 0.1) is 11.5 Å². The van der Waals surface area contributed by atoms with Gasteiger partial charge in [-0.25, -0.2) is 0 Å². The highest BCUT2D eigenvalue weighted by Crippen LogP contribution is 2.48. The summed E-state index contributed by atoms with van der Waals surface area (Å²) in [7, 11) is 0. The largest absolute Gasteiger partial charge is 0.415 e. The van der Waals surface area contributed by atoms with E-state index in [9.17, 15) is 18.4 Å². The quantitative estimate of drug-likeness (QED) is 0.535. The van der Waals surface area contributed by atoms with E-state index in [-0.39, 0.29) is 29.8 Å². The summed E-state index contributed by atoms with van der Waals surface area (Å²) in [6.45, 7) is 0.446. The van der Waals surface area contributed by atoms with Gasteiger partial charge >= 0.3 is 6.43 Å². The van der Waals surface area contributed by atoms with Gasteiger partial charge in [0.1, 0.15) is 0 Å². The molecule has 7 nitrogen and oxygen atoms in total. The molecule has 1 N–H and O–H groups in total. The Morgan fingerprint density at radius 3 is 2.58 bits per heavy atom. The SMILES string of the molecule is O=C1c2cc(-c3nnc(C(F)F)o3)ccc2CN1[C@@H]1CCCC[C@H]1NC(=O)C1(c2ccccc2)CC1. The van der Waals surface area contributed by atoms with Crippen molar-refractivity contribution in [2.24, 2.45) is 0 Å². The second kappa shape index (κ2) is 8.80. The fourth-order valence-corrected chi connectivity index (χ4v) is 5.65. The van der Waals surface area contributed by atoms with Crippen molar-refractivity contribution in [1.82, 2.24) is 20.4 Å². The van der Waals surface area contributed by atoms with Crippen LogP contribution in [0.1, 0.15) is 72.3 Å². The molecule has 0 spiro atoms. The Morgan fingerprint density at radius 2 is 1.86 bits per heavy atom. The van der Waals surface area contributed by atoms with Crippen LogP contribution in [0.4, 0.5) is 8.78 Å². The molecule has 0 radical (unpaired) electrons. The molecule has 2 amide bonds. The maximum absolute atomic E-state index is 13.5. The summed E-state index contributed by atoms with van der Waals surface area (Å²) in [5.41, 5.74) is 2.37. The highest BCUT2D eigenvalue weighted by atomic mass is 19.3. The van der Waals surface area contributed by atoms with Gasteiger partial charge in [-0.1, -0.05) is 49.2 Å². The van der Waals surface area contributed by atoms with Gasteiger partial charge in [0, 0.05) is 23.7 Å². The molecule has 0 unspecified atom stereocenters. The molecule has 2 heterocycles. The number of hydrogen-bond acceptors (Lipinski definition) is 5. The minimum absolute atomic E-state index is 0.0437. The molecule has 2 saturated carbocycles. The number of aromatic nitrogens is 2. The molecule has 3 aromatic rings. The van der Waals surface area contributed by atoms with Crippen molar-refractivity contribution in [1.29, 1.82) is 0 Å². The fourth-order valence-electron chi connectivity index (χ4n) is 5.65. The number of rotatable bonds is 6. The minimum atomic E-state index is -2.85. The van der Waals surface area contributed by atoms with Crippen LogP contribution >= 0.6 is 0 Å². The summed E-state index contributed by atoms with van der Waals surface area (Å²) in [4.78, 5) is 28.7. The third-order valence-electron chi connectivity index (χ3n) is 7.77. The molecule has 36 heavy (non-hydrogen) atoms. The molecule has 9 heteroatoms. The van der Waals surface area contributed by atoms with Crippen molar-refractivity contribution in [3.8, 4) is 11.5 Å². The van der Waals surface area contributed by atoms with Crippen LogP contribution in [-0.2, 0) is 16.8 Å². The standard InChI is InChI=1S/C27H26F2N4O3/c28-22(29)24-32-31-23(36-24)16-10-11-17-15-33(25(34)19(17)14-16)21-9-5-4-8-20(21)30-26(35)27(12-13-27)18-6-2-1-3-7-18/h1-3,6-7,10-11,14,20-22H,4-5,8-9,12-13,15H2,(H,30,35)/t20-,21-/m1/s1. The Hall–Kier alpha value is -3.62. The second-order valence-corrected chi connectivity index (χ2v) is 9.93. The van der Waals surface area contributed by atoms with Crippen LogP contribution in [0.3, 0.4) is 0 Å². The number of nitrogens with zero attached hydrogens (tertiary/aromatic N) is 3. The lowest BCUT2D eigenvalue weighted by Crippen LogP contribution is -2.55. The Balaban J connectivity index is 1.21. The van der Waals surface area contributed by atoms with Crippen LogP contribution in [0.5, 0.6) is 0 Å². The molecule has 1 aromatic heterocycles. The van der Waals surface area contributed by atoms with E-state index in [2.05, 4.69) is 15.5 Å². The average molecular weight is 493 g/mol. The van der Waals surface area contributed by atoms with Crippen molar-refractivity contribution >= 4 is 11.8 Å². The van der Waals surface area contributed by atoms with Gasteiger partial charge < -0.3 is 14.6 Å². The average Bonchev–Trinajstić information content (AvgIpc) is 3.45. The summed E-state index contributed by atoms with van der Waals surface area (Å²) < 4.78 is 30.8. The normalized spacial score (nSPS) is 22.5. The Bertz CT molecular complexity index is 1310. The topological polar surface area (TPSA) is 88.3 Å². The summed E-state index contributed by atoms with van der Waals surface area (Å²) >= 11 is 0. The lowest BCUT2D eigenvalue weighted by atomic mass is 9.87. The number of amides is 2. The smallest absolute Gasteiger partial charge is 0.314 e. The molecule has 0 bridgehead atoms. The predicted molar refractivity (Wildman–Crippen MR) is 126 cm³/mol. The first-order valence-corrected chi connectivity index (χ1v) is 12.4. The number of halogens is 2. The van der Waals surface area contributed by atoms with Crippen molar-refractivity contribution < 1.29 is 22.8 Å². The minimum Gasteiger partial charge on any atom is -0.415 e. The number of carbonyl (C=O) groups is 2. The van der Waals surface area contributed by atoms with Crippen LogP contribution in [0.15, 0.2) is 52.9 Å². The zero-order valence-corrected chi connectivity index (χ0v) is 19.6. The molecule has 6 rings (SSSR count). The zero-order valence-electron chi connectivity index (χ0n) is 19.6. The lowest BCUT2D eigenvalue weighted by molar-refractivity contribution is -0.125. The van der Waals surface area contributed by atoms with Gasteiger partial charge in [-0.05, 0) is 48.9 Å². The molecule has 3 aliphatic rings. The summed E-state index contributed by atoms with van der Waals surface area (Å²) in [6.07, 6.45) is 2.45. The van der Waals surface area contributed by atoms with Gasteiger partial charge in [-0.15, -0.1) is 10.2 Å². The van der Waals surface area contributed by atoms with Gasteiger partial charge in [0.25, 0.3) is 11.8 Å². The first-order valence-electron chi connectivity index (χ1n) is 12.4. The molecule has 2 atom stereocenters. The molecule has 2 aliphatic carbocycles. The molecule has 2 fully saturated rings. The van der Waals surface area contributed by atoms with Crippen LogP contribution < -0.4 is 5.32 Å². The van der Waals surface area contributed by atoms with E-state index in [1.807, 2.05) is 35.2 Å². The van der Waals surface area contributed by atoms with E-state index < -0.39 is 17.7 Å².